The van der Waals surface area contributed by atoms with E-state index >= 15 is 0 Å². The van der Waals surface area contributed by atoms with E-state index in [0.717, 1.165) is 12.8 Å². The van der Waals surface area contributed by atoms with Gasteiger partial charge in [-0.3, -0.25) is 4.79 Å². The molecule has 2 N–H and O–H groups in total. The smallest absolute Gasteiger partial charge is 0.254 e. The van der Waals surface area contributed by atoms with Crippen molar-refractivity contribution in [3.63, 3.8) is 0 Å². The Hall–Kier alpha value is -1.20. The largest absolute Gasteiger partial charge is 0.396 e. The van der Waals surface area contributed by atoms with Crippen LogP contribution in [0.5, 0.6) is 0 Å². The second-order valence-electron chi connectivity index (χ2n) is 4.59. The minimum absolute atomic E-state index is 0.0525. The number of aromatic amines is 1. The van der Waals surface area contributed by atoms with Crippen LogP contribution in [0.25, 0.3) is 0 Å². The third-order valence-corrected chi connectivity index (χ3v) is 3.58. The number of aliphatic hydroxyl groups excluding tert-OH is 1. The lowest BCUT2D eigenvalue weighted by molar-refractivity contribution is -0.0574. The number of H-pyrrole nitrogens is 1. The van der Waals surface area contributed by atoms with Crippen LogP contribution in [0.3, 0.4) is 0 Å². The molecule has 0 bridgehead atoms. The molecule has 1 heterocycles. The Bertz CT molecular complexity index is 464. The summed E-state index contributed by atoms with van der Waals surface area (Å²) in [7, 11) is 0. The molecule has 0 amide bonds. The van der Waals surface area contributed by atoms with Crippen molar-refractivity contribution in [1.29, 1.82) is 0 Å². The van der Waals surface area contributed by atoms with Crippen LogP contribution < -0.4 is 5.56 Å². The molecular weight excluding hydrogens is 244 g/mol. The van der Waals surface area contributed by atoms with Crippen LogP contribution in [0.2, 0.25) is 0 Å². The van der Waals surface area contributed by atoms with Gasteiger partial charge in [-0.15, -0.1) is 0 Å². The van der Waals surface area contributed by atoms with Gasteiger partial charge in [-0.2, -0.15) is 0 Å². The van der Waals surface area contributed by atoms with E-state index in [1.165, 1.54) is 0 Å². The second kappa shape index (κ2) is 6.82. The van der Waals surface area contributed by atoms with Crippen LogP contribution in [-0.2, 0) is 16.8 Å². The molecule has 0 unspecified atom stereocenters. The molecule has 1 aromatic heterocycles. The van der Waals surface area contributed by atoms with Crippen LogP contribution in [0.15, 0.2) is 4.79 Å². The molecule has 19 heavy (non-hydrogen) atoms. The SMILES string of the molecule is CCOC(CC)(CC)c1nc(C)c(CCO)c(=O)[nH]1. The maximum Gasteiger partial charge on any atom is 0.254 e. The second-order valence-corrected chi connectivity index (χ2v) is 4.59. The normalized spacial score (nSPS) is 11.8. The molecule has 1 aromatic rings. The van der Waals surface area contributed by atoms with Gasteiger partial charge >= 0.3 is 0 Å². The predicted octanol–water partition coefficient (Wildman–Crippen LogP) is 1.66. The number of ether oxygens (including phenoxy) is 1. The zero-order valence-corrected chi connectivity index (χ0v) is 12.2. The van der Waals surface area contributed by atoms with Crippen LogP contribution in [0.4, 0.5) is 0 Å². The van der Waals surface area contributed by atoms with E-state index < -0.39 is 5.60 Å². The first-order chi connectivity index (χ1) is 9.04. The van der Waals surface area contributed by atoms with Crippen molar-refractivity contribution in [2.75, 3.05) is 13.2 Å². The molecule has 0 aliphatic rings. The maximum atomic E-state index is 12.1. The van der Waals surface area contributed by atoms with Gasteiger partial charge in [-0.05, 0) is 26.7 Å². The van der Waals surface area contributed by atoms with Crippen molar-refractivity contribution in [2.24, 2.45) is 0 Å². The molecule has 0 atom stereocenters. The van der Waals surface area contributed by atoms with Crippen LogP contribution in [0, 0.1) is 6.92 Å². The van der Waals surface area contributed by atoms with Gasteiger partial charge in [-0.25, -0.2) is 4.98 Å². The van der Waals surface area contributed by atoms with Gasteiger partial charge < -0.3 is 14.8 Å². The summed E-state index contributed by atoms with van der Waals surface area (Å²) >= 11 is 0. The molecule has 1 rings (SSSR count). The number of nitrogens with zero attached hydrogens (tertiary/aromatic N) is 1. The molecule has 0 aliphatic heterocycles. The monoisotopic (exact) mass is 268 g/mol. The number of nitrogens with one attached hydrogen (secondary N) is 1. The molecule has 0 radical (unpaired) electrons. The Kier molecular flexibility index (Phi) is 5.69. The summed E-state index contributed by atoms with van der Waals surface area (Å²) in [5.74, 6) is 0.587. The van der Waals surface area contributed by atoms with Gasteiger partial charge in [0, 0.05) is 30.9 Å². The van der Waals surface area contributed by atoms with Crippen molar-refractivity contribution in [3.8, 4) is 0 Å². The number of rotatable bonds is 7. The van der Waals surface area contributed by atoms with E-state index in [1.54, 1.807) is 6.92 Å². The van der Waals surface area contributed by atoms with Gasteiger partial charge in [0.1, 0.15) is 11.4 Å². The van der Waals surface area contributed by atoms with Crippen molar-refractivity contribution >= 4 is 0 Å². The highest BCUT2D eigenvalue weighted by molar-refractivity contribution is 5.19. The highest BCUT2D eigenvalue weighted by Crippen LogP contribution is 2.30. The van der Waals surface area contributed by atoms with E-state index in [-0.39, 0.29) is 12.2 Å². The fraction of sp³-hybridized carbons (Fsp3) is 0.714. The summed E-state index contributed by atoms with van der Waals surface area (Å²) in [4.78, 5) is 19.4. The fourth-order valence-electron chi connectivity index (χ4n) is 2.37. The van der Waals surface area contributed by atoms with E-state index in [4.69, 9.17) is 9.84 Å². The summed E-state index contributed by atoms with van der Waals surface area (Å²) in [5, 5.41) is 8.97. The summed E-state index contributed by atoms with van der Waals surface area (Å²) in [5.41, 5.74) is 0.501. The van der Waals surface area contributed by atoms with Crippen LogP contribution >= 0.6 is 0 Å². The molecule has 0 aromatic carbocycles. The van der Waals surface area contributed by atoms with E-state index in [9.17, 15) is 4.79 Å². The predicted molar refractivity (Wildman–Crippen MR) is 74.3 cm³/mol. The third kappa shape index (κ3) is 3.22. The maximum absolute atomic E-state index is 12.1. The topological polar surface area (TPSA) is 75.2 Å². The van der Waals surface area contributed by atoms with Crippen molar-refractivity contribution in [1.82, 2.24) is 9.97 Å². The summed E-state index contributed by atoms with van der Waals surface area (Å²) in [6.45, 7) is 8.30. The molecule has 5 nitrogen and oxygen atoms in total. The van der Waals surface area contributed by atoms with E-state index in [0.29, 0.717) is 30.1 Å². The highest BCUT2D eigenvalue weighted by atomic mass is 16.5. The van der Waals surface area contributed by atoms with E-state index in [2.05, 4.69) is 9.97 Å². The Labute approximate surface area is 114 Å². The van der Waals surface area contributed by atoms with Gasteiger partial charge in [0.25, 0.3) is 5.56 Å². The number of hydrogen-bond acceptors (Lipinski definition) is 4. The molecular formula is C14H24N2O3. The standard InChI is InChI=1S/C14H24N2O3/c1-5-14(6-2,19-7-3)13-15-10(4)11(8-9-17)12(18)16-13/h17H,5-9H2,1-4H3,(H,15,16,18). The van der Waals surface area contributed by atoms with Gasteiger partial charge in [0.15, 0.2) is 0 Å². The first-order valence-electron chi connectivity index (χ1n) is 6.89. The number of aryl methyl sites for hydroxylation is 1. The van der Waals surface area contributed by atoms with Crippen molar-refractivity contribution < 1.29 is 9.84 Å². The van der Waals surface area contributed by atoms with Gasteiger partial charge in [-0.1, -0.05) is 13.8 Å². The fourth-order valence-corrected chi connectivity index (χ4v) is 2.37. The first-order valence-corrected chi connectivity index (χ1v) is 6.89. The Balaban J connectivity index is 3.30. The molecule has 0 saturated heterocycles. The minimum Gasteiger partial charge on any atom is -0.396 e. The molecule has 0 fully saturated rings. The molecule has 0 saturated carbocycles. The lowest BCUT2D eigenvalue weighted by atomic mass is 9.95. The van der Waals surface area contributed by atoms with Gasteiger partial charge in [0.2, 0.25) is 0 Å². The van der Waals surface area contributed by atoms with E-state index in [1.807, 2.05) is 20.8 Å². The summed E-state index contributed by atoms with van der Waals surface area (Å²) in [6.07, 6.45) is 1.83. The van der Waals surface area contributed by atoms with Crippen molar-refractivity contribution in [3.05, 3.63) is 27.4 Å². The third-order valence-electron chi connectivity index (χ3n) is 3.58. The Morgan fingerprint density at radius 3 is 2.37 bits per heavy atom. The quantitative estimate of drug-likeness (QED) is 0.788. The zero-order valence-electron chi connectivity index (χ0n) is 12.2. The number of aliphatic hydroxyl groups is 1. The van der Waals surface area contributed by atoms with Crippen LogP contribution in [-0.4, -0.2) is 28.3 Å². The molecule has 0 aliphatic carbocycles. The average molecular weight is 268 g/mol. The first kappa shape index (κ1) is 15.9. The molecule has 108 valence electrons. The highest BCUT2D eigenvalue weighted by Gasteiger charge is 2.32. The van der Waals surface area contributed by atoms with Crippen molar-refractivity contribution in [2.45, 2.75) is 52.6 Å². The lowest BCUT2D eigenvalue weighted by Gasteiger charge is -2.30. The molecule has 0 spiro atoms. The Morgan fingerprint density at radius 1 is 1.32 bits per heavy atom. The Morgan fingerprint density at radius 2 is 1.95 bits per heavy atom. The van der Waals surface area contributed by atoms with Gasteiger partial charge in [0.05, 0.1) is 0 Å². The van der Waals surface area contributed by atoms with Crippen LogP contribution in [0.1, 0.15) is 50.7 Å². The molecule has 5 heteroatoms. The minimum atomic E-state index is -0.531. The number of hydrogen-bond donors (Lipinski definition) is 2. The lowest BCUT2D eigenvalue weighted by Crippen LogP contribution is -2.34. The zero-order chi connectivity index (χ0) is 14.5. The average Bonchev–Trinajstić information content (AvgIpc) is 2.40. The number of aromatic nitrogens is 2. The summed E-state index contributed by atoms with van der Waals surface area (Å²) in [6, 6.07) is 0. The summed E-state index contributed by atoms with van der Waals surface area (Å²) < 4.78 is 5.84.